The van der Waals surface area contributed by atoms with Gasteiger partial charge in [-0.05, 0) is 12.8 Å². The first-order chi connectivity index (χ1) is 3.89. The maximum Gasteiger partial charge on any atom is 0.322 e. The van der Waals surface area contributed by atoms with E-state index in [0.717, 1.165) is 19.5 Å². The van der Waals surface area contributed by atoms with Crippen LogP contribution in [0.5, 0.6) is 0 Å². The molecule has 0 aromatic carbocycles. The minimum absolute atomic E-state index is 0.167. The van der Waals surface area contributed by atoms with Gasteiger partial charge in [-0.25, -0.2) is 5.11 Å². The van der Waals surface area contributed by atoms with Gasteiger partial charge in [0.1, 0.15) is 0 Å². The molecule has 1 rings (SSSR count). The van der Waals surface area contributed by atoms with Gasteiger partial charge in [0, 0.05) is 6.66 Å². The second-order valence-corrected chi connectivity index (χ2v) is 3.71. The zero-order chi connectivity index (χ0) is 7.49. The van der Waals surface area contributed by atoms with Crippen LogP contribution in [0.2, 0.25) is 0 Å². The fraction of sp³-hybridized carbons (Fsp3) is 1.00. The third kappa shape index (κ3) is 31.3. The Hall–Kier alpha value is 0.110. The molecule has 55 valence electrons. The highest BCUT2D eigenvalue weighted by molar-refractivity contribution is 7.50. The van der Waals surface area contributed by atoms with E-state index in [9.17, 15) is 9.67 Å². The highest BCUT2D eigenvalue weighted by atomic mass is 31.2. The first-order valence-corrected chi connectivity index (χ1v) is 4.64. The van der Waals surface area contributed by atoms with Crippen LogP contribution in [0.1, 0.15) is 12.8 Å². The molecule has 1 saturated carbocycles. The topological polar surface area (TPSA) is 77.4 Å². The Bertz CT molecular complexity index is 105. The highest BCUT2D eigenvalue weighted by Crippen LogP contribution is 2.26. The number of hydrogen-bond donors (Lipinski definition) is 2. The summed E-state index contributed by atoms with van der Waals surface area (Å²) in [6.07, 6.45) is 1.69. The molecule has 0 spiro atoms. The predicted molar refractivity (Wildman–Crippen MR) is 31.7 cm³/mol. The van der Waals surface area contributed by atoms with Gasteiger partial charge < -0.3 is 9.79 Å². The Morgan fingerprint density at radius 3 is 1.56 bits per heavy atom. The van der Waals surface area contributed by atoms with E-state index in [1.807, 2.05) is 0 Å². The maximum absolute atomic E-state index is 9.64. The number of rotatable bonds is 0. The summed E-state index contributed by atoms with van der Waals surface area (Å²) in [5.41, 5.74) is 0. The average Bonchev–Trinajstić information content (AvgIpc) is 2.13. The lowest BCUT2D eigenvalue weighted by Gasteiger charge is -1.84. The number of hydrogen-bond acceptors (Lipinski definition) is 1. The van der Waals surface area contributed by atoms with Crippen LogP contribution < -0.4 is 0 Å². The van der Waals surface area contributed by atoms with Crippen molar-refractivity contribution in [3.63, 3.8) is 0 Å². The summed E-state index contributed by atoms with van der Waals surface area (Å²) in [6, 6.07) is 0. The highest BCUT2D eigenvalue weighted by Gasteiger charge is 2.18. The van der Waals surface area contributed by atoms with E-state index in [1.165, 1.54) is 0 Å². The molecule has 4 nitrogen and oxygen atoms in total. The molecular formula is C4H10O4P. The monoisotopic (exact) mass is 153 g/mol. The summed E-state index contributed by atoms with van der Waals surface area (Å²) in [7, 11) is -3.64. The van der Waals surface area contributed by atoms with Gasteiger partial charge in [-0.3, -0.25) is 4.57 Å². The van der Waals surface area contributed by atoms with Gasteiger partial charge in [-0.2, -0.15) is 0 Å². The lowest BCUT2D eigenvalue weighted by atomic mass is 10.9. The minimum atomic E-state index is -3.64. The smallest absolute Gasteiger partial charge is 0.322 e. The van der Waals surface area contributed by atoms with Gasteiger partial charge in [0.05, 0.1) is 6.10 Å². The SMILES string of the molecule is CP(=O)(O)O.[O]C1CC1. The molecule has 2 N–H and O–H groups in total. The molecule has 0 heterocycles. The standard InChI is InChI=1S/C3H5O.CH5O3P/c4-3-1-2-3;1-5(2,3)4/h3H,1-2H2;1H3,(H2,2,3,4). The first kappa shape index (κ1) is 9.11. The van der Waals surface area contributed by atoms with Gasteiger partial charge in [-0.1, -0.05) is 0 Å². The van der Waals surface area contributed by atoms with Crippen molar-refractivity contribution in [3.05, 3.63) is 0 Å². The van der Waals surface area contributed by atoms with Gasteiger partial charge in [-0.15, -0.1) is 0 Å². The maximum atomic E-state index is 9.64. The molecule has 9 heavy (non-hydrogen) atoms. The normalized spacial score (nSPS) is 18.2. The van der Waals surface area contributed by atoms with Crippen LogP contribution in [0.15, 0.2) is 0 Å². The van der Waals surface area contributed by atoms with Gasteiger partial charge >= 0.3 is 7.60 Å². The molecule has 1 radical (unpaired) electrons. The van der Waals surface area contributed by atoms with E-state index in [0.29, 0.717) is 0 Å². The Labute approximate surface area is 53.7 Å². The Kier molecular flexibility index (Phi) is 3.36. The quantitative estimate of drug-likeness (QED) is 0.493. The van der Waals surface area contributed by atoms with Crippen molar-refractivity contribution in [2.75, 3.05) is 6.66 Å². The van der Waals surface area contributed by atoms with Crippen LogP contribution in [-0.4, -0.2) is 22.6 Å². The average molecular weight is 153 g/mol. The first-order valence-electron chi connectivity index (χ1n) is 2.58. The molecule has 0 aromatic rings. The van der Waals surface area contributed by atoms with Crippen molar-refractivity contribution in [2.24, 2.45) is 0 Å². The van der Waals surface area contributed by atoms with Gasteiger partial charge in [0.25, 0.3) is 0 Å². The molecule has 0 aliphatic heterocycles. The van der Waals surface area contributed by atoms with Crippen molar-refractivity contribution in [2.45, 2.75) is 18.9 Å². The summed E-state index contributed by atoms with van der Waals surface area (Å²) >= 11 is 0. The second-order valence-electron chi connectivity index (χ2n) is 2.03. The summed E-state index contributed by atoms with van der Waals surface area (Å²) < 4.78 is 9.33. The molecule has 0 aromatic heterocycles. The van der Waals surface area contributed by atoms with E-state index >= 15 is 0 Å². The Balaban J connectivity index is 0.000000144. The van der Waals surface area contributed by atoms with Crippen LogP contribution >= 0.6 is 7.60 Å². The van der Waals surface area contributed by atoms with E-state index in [4.69, 9.17) is 9.79 Å². The zero-order valence-corrected chi connectivity index (χ0v) is 6.04. The van der Waals surface area contributed by atoms with Crippen LogP contribution in [0.4, 0.5) is 0 Å². The molecule has 5 heteroatoms. The van der Waals surface area contributed by atoms with Crippen molar-refractivity contribution in [1.29, 1.82) is 0 Å². The van der Waals surface area contributed by atoms with Crippen LogP contribution in [0, 0.1) is 0 Å². The molecule has 0 atom stereocenters. The molecule has 1 aliphatic carbocycles. The molecule has 1 aliphatic rings. The van der Waals surface area contributed by atoms with E-state index < -0.39 is 7.60 Å². The van der Waals surface area contributed by atoms with E-state index in [-0.39, 0.29) is 6.10 Å². The van der Waals surface area contributed by atoms with Crippen LogP contribution in [0.3, 0.4) is 0 Å². The molecule has 1 fully saturated rings. The van der Waals surface area contributed by atoms with Crippen LogP contribution in [0.25, 0.3) is 0 Å². The van der Waals surface area contributed by atoms with Crippen molar-refractivity contribution in [1.82, 2.24) is 0 Å². The lowest BCUT2D eigenvalue weighted by Crippen LogP contribution is -1.64. The third-order valence-electron chi connectivity index (χ3n) is 0.524. The third-order valence-corrected chi connectivity index (χ3v) is 0.524. The van der Waals surface area contributed by atoms with E-state index in [1.54, 1.807) is 0 Å². The van der Waals surface area contributed by atoms with Gasteiger partial charge in [0.2, 0.25) is 0 Å². The van der Waals surface area contributed by atoms with Crippen LogP contribution in [-0.2, 0) is 9.67 Å². The van der Waals surface area contributed by atoms with Crippen molar-refractivity contribution >= 4 is 7.60 Å². The van der Waals surface area contributed by atoms with Crippen molar-refractivity contribution in [3.8, 4) is 0 Å². The Morgan fingerprint density at radius 2 is 1.56 bits per heavy atom. The van der Waals surface area contributed by atoms with Crippen molar-refractivity contribution < 1.29 is 19.5 Å². The Morgan fingerprint density at radius 1 is 1.44 bits per heavy atom. The molecular weight excluding hydrogens is 143 g/mol. The fourth-order valence-electron chi connectivity index (χ4n) is 0.0680. The fourth-order valence-corrected chi connectivity index (χ4v) is 0.0680. The largest absolute Gasteiger partial charge is 0.325 e. The summed E-state index contributed by atoms with van der Waals surface area (Å²) in [5.74, 6) is 0. The summed E-state index contributed by atoms with van der Waals surface area (Å²) in [6.45, 7) is 0.854. The zero-order valence-electron chi connectivity index (χ0n) is 5.15. The lowest BCUT2D eigenvalue weighted by molar-refractivity contribution is 0.175. The summed E-state index contributed by atoms with van der Waals surface area (Å²) in [4.78, 5) is 15.3. The summed E-state index contributed by atoms with van der Waals surface area (Å²) in [5, 5.41) is 9.64. The van der Waals surface area contributed by atoms with Gasteiger partial charge in [0.15, 0.2) is 0 Å². The second kappa shape index (κ2) is 3.32. The van der Waals surface area contributed by atoms with E-state index in [2.05, 4.69) is 0 Å². The predicted octanol–water partition coefficient (Wildman–Crippen LogP) is 0.373. The molecule has 0 unspecified atom stereocenters. The minimum Gasteiger partial charge on any atom is -0.325 e. The molecule has 0 saturated heterocycles. The molecule has 0 bridgehead atoms. The molecule has 0 amide bonds.